The fraction of sp³-hybridized carbons (Fsp3) is 0.0370. The molecule has 0 radical (unpaired) electrons. The zero-order valence-electron chi connectivity index (χ0n) is 18.9. The first-order chi connectivity index (χ1) is 17.0. The number of methoxy groups -OCH3 is 1. The van der Waals surface area contributed by atoms with E-state index in [0.717, 1.165) is 5.69 Å². The van der Waals surface area contributed by atoms with Gasteiger partial charge in [-0.05, 0) is 72.8 Å². The normalized spacial score (nSPS) is 12.0. The van der Waals surface area contributed by atoms with Crippen LogP contribution in [0.15, 0.2) is 91.1 Å². The number of hydrogen-bond donors (Lipinski definition) is 4. The van der Waals surface area contributed by atoms with E-state index in [1.165, 1.54) is 0 Å². The van der Waals surface area contributed by atoms with Crippen LogP contribution in [0.5, 0.6) is 5.75 Å². The molecule has 1 amide bonds. The van der Waals surface area contributed by atoms with Gasteiger partial charge in [-0.1, -0.05) is 12.1 Å². The van der Waals surface area contributed by atoms with Crippen molar-refractivity contribution >= 4 is 40.5 Å². The van der Waals surface area contributed by atoms with Gasteiger partial charge in [0.2, 0.25) is 0 Å². The average Bonchev–Trinajstić information content (AvgIpc) is 3.02. The van der Waals surface area contributed by atoms with E-state index < -0.39 is 0 Å². The summed E-state index contributed by atoms with van der Waals surface area (Å²) in [5.74, 6) is 1.29. The van der Waals surface area contributed by atoms with E-state index in [-0.39, 0.29) is 17.6 Å². The zero-order valence-corrected chi connectivity index (χ0v) is 18.9. The van der Waals surface area contributed by atoms with Crippen molar-refractivity contribution in [3.05, 3.63) is 108 Å². The maximum absolute atomic E-state index is 12.6. The molecule has 3 aromatic carbocycles. The number of nitrogens with zero attached hydrogens (tertiary/aromatic N) is 2. The Kier molecular flexibility index (Phi) is 5.68. The number of nitrogens with one attached hydrogen (secondary N) is 4. The highest BCUT2D eigenvalue weighted by atomic mass is 16.5. The molecule has 8 nitrogen and oxygen atoms in total. The summed E-state index contributed by atoms with van der Waals surface area (Å²) in [6.45, 7) is 0. The van der Waals surface area contributed by atoms with E-state index in [0.29, 0.717) is 39.6 Å². The Morgan fingerprint density at radius 2 is 1.66 bits per heavy atom. The first-order valence-electron chi connectivity index (χ1n) is 10.9. The van der Waals surface area contributed by atoms with Crippen molar-refractivity contribution in [3.63, 3.8) is 0 Å². The van der Waals surface area contributed by atoms with Crippen molar-refractivity contribution in [2.75, 3.05) is 22.6 Å². The highest BCUT2D eigenvalue weighted by Crippen LogP contribution is 2.34. The monoisotopic (exact) mass is 462 g/mol. The van der Waals surface area contributed by atoms with Crippen molar-refractivity contribution in [1.82, 2.24) is 4.98 Å². The number of aromatic nitrogens is 1. The predicted octanol–water partition coefficient (Wildman–Crippen LogP) is 5.26. The van der Waals surface area contributed by atoms with Crippen molar-refractivity contribution in [2.45, 2.75) is 0 Å². The Balaban J connectivity index is 1.41. The summed E-state index contributed by atoms with van der Waals surface area (Å²) in [7, 11) is 1.58. The minimum Gasteiger partial charge on any atom is -0.497 e. The number of amidine groups is 2. The molecule has 0 saturated heterocycles. The van der Waals surface area contributed by atoms with Crippen LogP contribution in [0.3, 0.4) is 0 Å². The number of rotatable bonds is 4. The molecule has 35 heavy (non-hydrogen) atoms. The Hall–Kier alpha value is -4.98. The van der Waals surface area contributed by atoms with E-state index in [1.807, 2.05) is 30.3 Å². The highest BCUT2D eigenvalue weighted by molar-refractivity contribution is 6.30. The lowest BCUT2D eigenvalue weighted by atomic mass is 10.1. The molecule has 4 aromatic rings. The van der Waals surface area contributed by atoms with Gasteiger partial charge in [0.15, 0.2) is 5.82 Å². The number of hydrogen-bond acceptors (Lipinski definition) is 6. The lowest BCUT2D eigenvalue weighted by molar-refractivity contribution is 0.102. The molecule has 2 heterocycles. The molecule has 8 heteroatoms. The van der Waals surface area contributed by atoms with E-state index in [2.05, 4.69) is 15.6 Å². The van der Waals surface area contributed by atoms with Crippen LogP contribution in [0.1, 0.15) is 21.5 Å². The second-order valence-corrected chi connectivity index (χ2v) is 7.83. The molecular formula is C27H22N6O2. The summed E-state index contributed by atoms with van der Waals surface area (Å²) in [6, 6.07) is 24.9. The van der Waals surface area contributed by atoms with Crippen LogP contribution in [0, 0.1) is 10.8 Å². The van der Waals surface area contributed by atoms with Gasteiger partial charge in [0.05, 0.1) is 18.5 Å². The van der Waals surface area contributed by atoms with Gasteiger partial charge in [-0.15, -0.1) is 0 Å². The van der Waals surface area contributed by atoms with Crippen molar-refractivity contribution < 1.29 is 9.53 Å². The van der Waals surface area contributed by atoms with Crippen LogP contribution in [-0.4, -0.2) is 29.7 Å². The van der Waals surface area contributed by atoms with Gasteiger partial charge in [0, 0.05) is 28.6 Å². The number of ether oxygens (including phenoxy) is 1. The molecule has 1 aromatic heterocycles. The fourth-order valence-corrected chi connectivity index (χ4v) is 3.86. The van der Waals surface area contributed by atoms with E-state index in [9.17, 15) is 4.79 Å². The highest BCUT2D eigenvalue weighted by Gasteiger charge is 2.28. The summed E-state index contributed by atoms with van der Waals surface area (Å²) in [5, 5.41) is 24.0. The number of benzene rings is 3. The number of para-hydroxylation sites is 1. The second kappa shape index (κ2) is 9.11. The summed E-state index contributed by atoms with van der Waals surface area (Å²) in [4.78, 5) is 18.6. The van der Waals surface area contributed by atoms with Gasteiger partial charge in [-0.25, -0.2) is 4.98 Å². The predicted molar refractivity (Wildman–Crippen MR) is 137 cm³/mol. The number of amides is 1. The SMILES string of the molecule is COc1ccc(C(=O)Nc2ccc(C(=N)N3C(=N)c4ccccc4Nc4ncccc43)cc2)cc1. The van der Waals surface area contributed by atoms with Crippen LogP contribution >= 0.6 is 0 Å². The number of fused-ring (bicyclic) bond motifs is 2. The number of carbonyl (C=O) groups excluding carboxylic acids is 1. The Bertz CT molecular complexity index is 1430. The molecule has 1 aliphatic rings. The third-order valence-corrected chi connectivity index (χ3v) is 5.68. The topological polar surface area (TPSA) is 114 Å². The van der Waals surface area contributed by atoms with Gasteiger partial charge in [-0.2, -0.15) is 0 Å². The molecule has 0 saturated carbocycles. The van der Waals surface area contributed by atoms with Gasteiger partial charge in [-0.3, -0.25) is 20.5 Å². The summed E-state index contributed by atoms with van der Waals surface area (Å²) in [5.41, 5.74) is 3.73. The maximum Gasteiger partial charge on any atom is 0.255 e. The lowest BCUT2D eigenvalue weighted by Crippen LogP contribution is -2.36. The van der Waals surface area contributed by atoms with E-state index in [4.69, 9.17) is 15.6 Å². The number of pyridine rings is 1. The molecular weight excluding hydrogens is 440 g/mol. The minimum atomic E-state index is -0.243. The maximum atomic E-state index is 12.6. The van der Waals surface area contributed by atoms with Crippen molar-refractivity contribution in [1.29, 1.82) is 10.8 Å². The molecule has 0 atom stereocenters. The van der Waals surface area contributed by atoms with Crippen LogP contribution < -0.4 is 20.3 Å². The first kappa shape index (κ1) is 21.8. The van der Waals surface area contributed by atoms with Crippen LogP contribution in [0.2, 0.25) is 0 Å². The lowest BCUT2D eigenvalue weighted by Gasteiger charge is -2.25. The van der Waals surface area contributed by atoms with Gasteiger partial charge < -0.3 is 15.4 Å². The molecule has 172 valence electrons. The summed E-state index contributed by atoms with van der Waals surface area (Å²) < 4.78 is 5.13. The summed E-state index contributed by atoms with van der Waals surface area (Å²) in [6.07, 6.45) is 1.67. The second-order valence-electron chi connectivity index (χ2n) is 7.83. The smallest absolute Gasteiger partial charge is 0.255 e. The number of anilines is 4. The quantitative estimate of drug-likeness (QED) is 0.244. The Morgan fingerprint density at radius 3 is 2.40 bits per heavy atom. The number of carbonyl (C=O) groups is 1. The molecule has 1 aliphatic heterocycles. The molecule has 4 N–H and O–H groups in total. The molecule has 5 rings (SSSR count). The Morgan fingerprint density at radius 1 is 0.943 bits per heavy atom. The molecule has 0 spiro atoms. The first-order valence-corrected chi connectivity index (χ1v) is 10.9. The van der Waals surface area contributed by atoms with Gasteiger partial charge >= 0.3 is 0 Å². The third-order valence-electron chi connectivity index (χ3n) is 5.68. The largest absolute Gasteiger partial charge is 0.497 e. The minimum absolute atomic E-state index is 0.121. The van der Waals surface area contributed by atoms with Gasteiger partial charge in [0.25, 0.3) is 5.91 Å². The van der Waals surface area contributed by atoms with Crippen LogP contribution in [0.4, 0.5) is 22.9 Å². The fourth-order valence-electron chi connectivity index (χ4n) is 3.86. The Labute approximate surface area is 202 Å². The van der Waals surface area contributed by atoms with Crippen LogP contribution in [-0.2, 0) is 0 Å². The van der Waals surface area contributed by atoms with Gasteiger partial charge in [0.1, 0.15) is 17.4 Å². The van der Waals surface area contributed by atoms with Crippen molar-refractivity contribution in [3.8, 4) is 5.75 Å². The van der Waals surface area contributed by atoms with Crippen LogP contribution in [0.25, 0.3) is 0 Å². The molecule has 0 fully saturated rings. The average molecular weight is 463 g/mol. The van der Waals surface area contributed by atoms with E-state index >= 15 is 0 Å². The van der Waals surface area contributed by atoms with Crippen molar-refractivity contribution in [2.24, 2.45) is 0 Å². The van der Waals surface area contributed by atoms with E-state index in [1.54, 1.807) is 72.8 Å². The summed E-state index contributed by atoms with van der Waals surface area (Å²) >= 11 is 0. The molecule has 0 aliphatic carbocycles. The third kappa shape index (κ3) is 4.20. The zero-order chi connectivity index (χ0) is 24.4. The standard InChI is InChI=1S/C27H22N6O2/c1-35-20-14-10-18(11-15-20)27(34)31-19-12-8-17(9-13-19)24(28)33-23-7-4-16-30-26(23)32-22-6-3-2-5-21(22)25(33)29/h2-16,28-29H,1H3,(H,30,32)(H,31,34). The molecule has 0 unspecified atom stereocenters. The molecule has 0 bridgehead atoms.